The van der Waals surface area contributed by atoms with Crippen LogP contribution in [0.15, 0.2) is 24.3 Å². The van der Waals surface area contributed by atoms with Gasteiger partial charge in [-0.25, -0.2) is 4.98 Å². The number of hydrogen-bond donors (Lipinski definition) is 4. The molecule has 186 valence electrons. The third-order valence-electron chi connectivity index (χ3n) is 7.94. The Morgan fingerprint density at radius 3 is 2.69 bits per heavy atom. The van der Waals surface area contributed by atoms with Crippen LogP contribution in [0.5, 0.6) is 0 Å². The number of anilines is 3. The first-order chi connectivity index (χ1) is 16.9. The normalized spacial score (nSPS) is 25.0. The lowest BCUT2D eigenvalue weighted by Gasteiger charge is -2.39. The summed E-state index contributed by atoms with van der Waals surface area (Å²) in [4.78, 5) is 24.4. The van der Waals surface area contributed by atoms with Gasteiger partial charge >= 0.3 is 0 Å². The number of aromatic nitrogens is 4. The Bertz CT molecular complexity index is 1200. The van der Waals surface area contributed by atoms with Crippen molar-refractivity contribution >= 4 is 34.4 Å². The number of aromatic amines is 1. The summed E-state index contributed by atoms with van der Waals surface area (Å²) in [6.45, 7) is 5.07. The molecule has 1 aliphatic heterocycles. The van der Waals surface area contributed by atoms with E-state index in [0.717, 1.165) is 59.6 Å². The second kappa shape index (κ2) is 9.71. The maximum Gasteiger partial charge on any atom is 0.225 e. The van der Waals surface area contributed by atoms with Gasteiger partial charge in [0.05, 0.1) is 17.1 Å². The summed E-state index contributed by atoms with van der Waals surface area (Å²) in [6.07, 6.45) is 7.68. The third-order valence-corrected chi connectivity index (χ3v) is 7.94. The maximum atomic E-state index is 13.2. The van der Waals surface area contributed by atoms with Crippen molar-refractivity contribution in [2.24, 2.45) is 11.8 Å². The summed E-state index contributed by atoms with van der Waals surface area (Å²) in [5.74, 6) is 2.38. The van der Waals surface area contributed by atoms with Gasteiger partial charge in [-0.05, 0) is 63.5 Å². The SMILES string of the molecule is CCC1CCC(NC(=O)C2CCC(C)N(c3cc(-c4ccc5c(N)n[nH]c5c4)nc(N)n3)C2)CC1. The summed E-state index contributed by atoms with van der Waals surface area (Å²) in [6, 6.07) is 8.39. The fourth-order valence-electron chi connectivity index (χ4n) is 5.62. The van der Waals surface area contributed by atoms with Crippen molar-refractivity contribution in [3.8, 4) is 11.3 Å². The molecule has 1 aromatic carbocycles. The van der Waals surface area contributed by atoms with Crippen LogP contribution in [-0.4, -0.2) is 44.7 Å². The highest BCUT2D eigenvalue weighted by molar-refractivity contribution is 5.91. The molecule has 2 unspecified atom stereocenters. The molecule has 6 N–H and O–H groups in total. The number of nitrogens with one attached hydrogen (secondary N) is 2. The minimum atomic E-state index is -0.0564. The number of nitrogens with zero attached hydrogens (tertiary/aromatic N) is 4. The van der Waals surface area contributed by atoms with E-state index in [-0.39, 0.29) is 23.8 Å². The highest BCUT2D eigenvalue weighted by atomic mass is 16.2. The molecule has 9 nitrogen and oxygen atoms in total. The van der Waals surface area contributed by atoms with Gasteiger partial charge in [0, 0.05) is 35.6 Å². The van der Waals surface area contributed by atoms with Crippen LogP contribution in [-0.2, 0) is 4.79 Å². The lowest BCUT2D eigenvalue weighted by atomic mass is 9.84. The highest BCUT2D eigenvalue weighted by Crippen LogP contribution is 2.32. The molecule has 2 aliphatic rings. The Hall–Kier alpha value is -3.36. The summed E-state index contributed by atoms with van der Waals surface area (Å²) < 4.78 is 0. The fourth-order valence-corrected chi connectivity index (χ4v) is 5.62. The summed E-state index contributed by atoms with van der Waals surface area (Å²) in [7, 11) is 0. The molecule has 9 heteroatoms. The van der Waals surface area contributed by atoms with Gasteiger partial charge < -0.3 is 21.7 Å². The van der Waals surface area contributed by atoms with E-state index in [1.165, 1.54) is 19.3 Å². The van der Waals surface area contributed by atoms with E-state index in [4.69, 9.17) is 11.5 Å². The van der Waals surface area contributed by atoms with E-state index in [1.807, 2.05) is 24.3 Å². The molecule has 1 amide bonds. The van der Waals surface area contributed by atoms with Crippen LogP contribution in [0.1, 0.15) is 58.8 Å². The van der Waals surface area contributed by atoms with Gasteiger partial charge in [0.1, 0.15) is 5.82 Å². The minimum Gasteiger partial charge on any atom is -0.382 e. The first-order valence-electron chi connectivity index (χ1n) is 12.9. The smallest absolute Gasteiger partial charge is 0.225 e. The van der Waals surface area contributed by atoms with Crippen molar-refractivity contribution in [3.63, 3.8) is 0 Å². The number of nitrogen functional groups attached to an aromatic ring is 2. The Labute approximate surface area is 206 Å². The van der Waals surface area contributed by atoms with Gasteiger partial charge in [0.2, 0.25) is 11.9 Å². The standard InChI is InChI=1S/C26H36N8O/c1-3-16-5-9-19(10-6-16)29-25(35)18-7-4-15(2)34(14-18)23-13-21(30-26(28)31-23)17-8-11-20-22(12-17)32-33-24(20)27/h8,11-13,15-16,18-19H,3-7,9-10,14H2,1-2H3,(H,29,35)(H3,27,32,33)(H2,28,30,31). The molecular weight excluding hydrogens is 440 g/mol. The second-order valence-corrected chi connectivity index (χ2v) is 10.2. The van der Waals surface area contributed by atoms with Crippen LogP contribution in [0, 0.1) is 11.8 Å². The molecule has 2 fully saturated rings. The van der Waals surface area contributed by atoms with Crippen molar-refractivity contribution in [2.75, 3.05) is 22.9 Å². The Balaban J connectivity index is 1.32. The number of fused-ring (bicyclic) bond motifs is 1. The van der Waals surface area contributed by atoms with Crippen LogP contribution in [0.2, 0.25) is 0 Å². The first kappa shape index (κ1) is 23.4. The molecule has 2 atom stereocenters. The van der Waals surface area contributed by atoms with Crippen molar-refractivity contribution in [1.29, 1.82) is 0 Å². The Morgan fingerprint density at radius 1 is 1.11 bits per heavy atom. The molecule has 35 heavy (non-hydrogen) atoms. The monoisotopic (exact) mass is 476 g/mol. The van der Waals surface area contributed by atoms with Gasteiger partial charge in [-0.2, -0.15) is 10.1 Å². The van der Waals surface area contributed by atoms with Gasteiger partial charge in [-0.3, -0.25) is 9.89 Å². The maximum absolute atomic E-state index is 13.2. The molecule has 3 heterocycles. The average molecular weight is 477 g/mol. The van der Waals surface area contributed by atoms with E-state index in [9.17, 15) is 4.79 Å². The average Bonchev–Trinajstić information content (AvgIpc) is 3.24. The number of piperidine rings is 1. The first-order valence-corrected chi connectivity index (χ1v) is 12.9. The largest absolute Gasteiger partial charge is 0.382 e. The quantitative estimate of drug-likeness (QED) is 0.438. The van der Waals surface area contributed by atoms with Crippen LogP contribution in [0.4, 0.5) is 17.6 Å². The van der Waals surface area contributed by atoms with Gasteiger partial charge in [-0.1, -0.05) is 19.4 Å². The lowest BCUT2D eigenvalue weighted by molar-refractivity contribution is -0.126. The minimum absolute atomic E-state index is 0.0564. The van der Waals surface area contributed by atoms with E-state index < -0.39 is 0 Å². The number of hydrogen-bond acceptors (Lipinski definition) is 7. The van der Waals surface area contributed by atoms with Gasteiger partial charge in [-0.15, -0.1) is 0 Å². The zero-order chi connectivity index (χ0) is 24.5. The summed E-state index contributed by atoms with van der Waals surface area (Å²) in [5, 5.41) is 11.2. The topological polar surface area (TPSA) is 139 Å². The highest BCUT2D eigenvalue weighted by Gasteiger charge is 2.32. The predicted molar refractivity (Wildman–Crippen MR) is 140 cm³/mol. The zero-order valence-corrected chi connectivity index (χ0v) is 20.6. The number of rotatable bonds is 5. The van der Waals surface area contributed by atoms with Gasteiger partial charge in [0.15, 0.2) is 5.82 Å². The number of nitrogens with two attached hydrogens (primary N) is 2. The van der Waals surface area contributed by atoms with Crippen molar-refractivity contribution in [1.82, 2.24) is 25.5 Å². The predicted octanol–water partition coefficient (Wildman–Crippen LogP) is 3.87. The number of amides is 1. The third kappa shape index (κ3) is 4.90. The zero-order valence-electron chi connectivity index (χ0n) is 20.6. The molecule has 1 saturated heterocycles. The summed E-state index contributed by atoms with van der Waals surface area (Å²) >= 11 is 0. The van der Waals surface area contributed by atoms with Crippen LogP contribution < -0.4 is 21.7 Å². The van der Waals surface area contributed by atoms with E-state index >= 15 is 0 Å². The molecule has 1 aliphatic carbocycles. The number of carbonyl (C=O) groups is 1. The molecule has 2 aromatic heterocycles. The van der Waals surface area contributed by atoms with E-state index in [1.54, 1.807) is 0 Å². The lowest BCUT2D eigenvalue weighted by Crippen LogP contribution is -2.49. The summed E-state index contributed by atoms with van der Waals surface area (Å²) in [5.41, 5.74) is 14.5. The number of benzene rings is 1. The molecular formula is C26H36N8O. The molecule has 1 saturated carbocycles. The van der Waals surface area contributed by atoms with Crippen LogP contribution in [0.25, 0.3) is 22.2 Å². The van der Waals surface area contributed by atoms with E-state index in [2.05, 4.69) is 44.2 Å². The molecule has 3 aromatic rings. The molecule has 0 bridgehead atoms. The van der Waals surface area contributed by atoms with Gasteiger partial charge in [0.25, 0.3) is 0 Å². The van der Waals surface area contributed by atoms with Crippen molar-refractivity contribution < 1.29 is 4.79 Å². The van der Waals surface area contributed by atoms with Crippen molar-refractivity contribution in [3.05, 3.63) is 24.3 Å². The molecule has 0 radical (unpaired) electrons. The number of H-pyrrole nitrogens is 1. The van der Waals surface area contributed by atoms with E-state index in [0.29, 0.717) is 18.4 Å². The van der Waals surface area contributed by atoms with Crippen molar-refractivity contribution in [2.45, 2.75) is 70.9 Å². The number of carbonyl (C=O) groups excluding carboxylic acids is 1. The fraction of sp³-hybridized carbons (Fsp3) is 0.538. The van der Waals surface area contributed by atoms with Crippen LogP contribution in [0.3, 0.4) is 0 Å². The Morgan fingerprint density at radius 2 is 1.91 bits per heavy atom. The van der Waals surface area contributed by atoms with Crippen LogP contribution >= 0.6 is 0 Å². The second-order valence-electron chi connectivity index (χ2n) is 10.2. The molecule has 0 spiro atoms. The molecule has 5 rings (SSSR count). The Kier molecular flexibility index (Phi) is 6.49.